The fourth-order valence-corrected chi connectivity index (χ4v) is 5.37. The van der Waals surface area contributed by atoms with Gasteiger partial charge in [-0.05, 0) is 93.5 Å². The van der Waals surface area contributed by atoms with E-state index in [2.05, 4.69) is 23.7 Å². The van der Waals surface area contributed by atoms with Crippen molar-refractivity contribution >= 4 is 5.82 Å². The largest absolute Gasteiger partial charge is 0.504 e. The summed E-state index contributed by atoms with van der Waals surface area (Å²) in [5, 5.41) is 31.3. The Balaban J connectivity index is 1.38. The summed E-state index contributed by atoms with van der Waals surface area (Å²) in [5.74, 6) is 7.79. The first-order valence-corrected chi connectivity index (χ1v) is 14.1. The third kappa shape index (κ3) is 8.10. The first-order chi connectivity index (χ1) is 18.4. The van der Waals surface area contributed by atoms with Gasteiger partial charge >= 0.3 is 0 Å². The van der Waals surface area contributed by atoms with Crippen LogP contribution in [0.25, 0.3) is 0 Å². The highest BCUT2D eigenvalue weighted by Crippen LogP contribution is 2.34. The maximum absolute atomic E-state index is 11.0. The zero-order valence-corrected chi connectivity index (χ0v) is 22.5. The van der Waals surface area contributed by atoms with Crippen LogP contribution in [0.2, 0.25) is 0 Å². The highest BCUT2D eigenvalue weighted by molar-refractivity contribution is 5.47. The number of aromatic nitrogens is 1. The summed E-state index contributed by atoms with van der Waals surface area (Å²) in [5.41, 5.74) is 9.18. The van der Waals surface area contributed by atoms with Crippen molar-refractivity contribution in [1.82, 2.24) is 4.98 Å². The maximum Gasteiger partial charge on any atom is 0.161 e. The van der Waals surface area contributed by atoms with Gasteiger partial charge in [-0.1, -0.05) is 25.2 Å². The molecule has 2 aromatic rings. The lowest BCUT2D eigenvalue weighted by atomic mass is 9.96. The molecule has 1 aliphatic carbocycles. The average Bonchev–Trinajstić information content (AvgIpc) is 2.94. The van der Waals surface area contributed by atoms with E-state index < -0.39 is 6.10 Å². The standard InChI is InChI=1S/C31H42N2O5/c1-21-6-5-9-28(37-20-25-18-33-31(32)16-23(25)11-10-21)17-26(35)13-12-22-15-30(29(36)14-24(22)19-34)38-27-7-3-2-4-8-27/h14-16,18,21,26-28,34-36H,2-9,12-13,17,19-20H2,1H3,(H2,32,33)/t21-,26-,28+/m1/s1. The molecular weight excluding hydrogens is 480 g/mol. The second-order valence-electron chi connectivity index (χ2n) is 10.9. The number of nitrogens with zero attached hydrogens (tertiary/aromatic N) is 1. The number of hydrogen-bond acceptors (Lipinski definition) is 7. The molecule has 38 heavy (non-hydrogen) atoms. The third-order valence-corrected chi connectivity index (χ3v) is 7.68. The van der Waals surface area contributed by atoms with E-state index in [4.69, 9.17) is 15.2 Å². The molecule has 7 heteroatoms. The van der Waals surface area contributed by atoms with E-state index in [0.717, 1.165) is 61.6 Å². The minimum Gasteiger partial charge on any atom is -0.504 e. The molecule has 2 aliphatic rings. The summed E-state index contributed by atoms with van der Waals surface area (Å²) >= 11 is 0. The Hall–Kier alpha value is -2.79. The number of ether oxygens (including phenoxy) is 2. The van der Waals surface area contributed by atoms with Crippen molar-refractivity contribution in [3.63, 3.8) is 0 Å². The average molecular weight is 523 g/mol. The van der Waals surface area contributed by atoms with Crippen LogP contribution < -0.4 is 10.5 Å². The van der Waals surface area contributed by atoms with Crippen LogP contribution in [-0.2, 0) is 24.4 Å². The first-order valence-electron chi connectivity index (χ1n) is 14.1. The van der Waals surface area contributed by atoms with Gasteiger partial charge in [0.15, 0.2) is 11.5 Å². The molecule has 0 saturated heterocycles. The minimum atomic E-state index is -0.564. The number of aromatic hydroxyl groups is 1. The molecule has 3 atom stereocenters. The lowest BCUT2D eigenvalue weighted by Gasteiger charge is -2.24. The number of fused-ring (bicyclic) bond motifs is 1. The summed E-state index contributed by atoms with van der Waals surface area (Å²) in [7, 11) is 0. The number of benzene rings is 1. The molecular formula is C31H42N2O5. The normalized spacial score (nSPS) is 21.4. The summed E-state index contributed by atoms with van der Waals surface area (Å²) < 4.78 is 12.4. The topological polar surface area (TPSA) is 118 Å². The monoisotopic (exact) mass is 522 g/mol. The van der Waals surface area contributed by atoms with Gasteiger partial charge < -0.3 is 30.5 Å². The van der Waals surface area contributed by atoms with Gasteiger partial charge in [-0.15, -0.1) is 0 Å². The van der Waals surface area contributed by atoms with E-state index in [1.165, 1.54) is 6.42 Å². The molecule has 1 aromatic heterocycles. The van der Waals surface area contributed by atoms with Crippen molar-refractivity contribution in [3.05, 3.63) is 46.6 Å². The van der Waals surface area contributed by atoms with Gasteiger partial charge in [0.25, 0.3) is 0 Å². The number of aryl methyl sites for hydroxylation is 1. The second-order valence-corrected chi connectivity index (χ2v) is 10.9. The molecule has 4 rings (SSSR count). The lowest BCUT2D eigenvalue weighted by molar-refractivity contribution is -0.00377. The Labute approximate surface area is 226 Å². The van der Waals surface area contributed by atoms with Crippen LogP contribution in [0.4, 0.5) is 5.82 Å². The van der Waals surface area contributed by atoms with Crippen molar-refractivity contribution in [3.8, 4) is 23.3 Å². The number of rotatable bonds is 8. The van der Waals surface area contributed by atoms with E-state index in [1.54, 1.807) is 18.3 Å². The van der Waals surface area contributed by atoms with Crippen molar-refractivity contribution in [2.75, 3.05) is 5.73 Å². The molecule has 1 aromatic carbocycles. The zero-order valence-electron chi connectivity index (χ0n) is 22.5. The second kappa shape index (κ2) is 13.8. The van der Waals surface area contributed by atoms with Crippen LogP contribution in [0.1, 0.15) is 93.4 Å². The van der Waals surface area contributed by atoms with Crippen molar-refractivity contribution < 1.29 is 24.8 Å². The molecule has 7 nitrogen and oxygen atoms in total. The Kier molecular flexibility index (Phi) is 10.3. The van der Waals surface area contributed by atoms with Crippen LogP contribution in [0.3, 0.4) is 0 Å². The Morgan fingerprint density at radius 2 is 1.92 bits per heavy atom. The molecule has 1 saturated carbocycles. The SMILES string of the molecule is C[C@H]1C#Cc2cc(N)ncc2CO[C@H](C[C@H](O)CCc2cc(OC3CCCCC3)c(O)cc2CO)CCC1. The Morgan fingerprint density at radius 3 is 2.71 bits per heavy atom. The van der Waals surface area contributed by atoms with Crippen LogP contribution in [0.15, 0.2) is 24.4 Å². The van der Waals surface area contributed by atoms with Gasteiger partial charge in [-0.3, -0.25) is 0 Å². The van der Waals surface area contributed by atoms with E-state index in [9.17, 15) is 15.3 Å². The number of nitrogens with two attached hydrogens (primary N) is 1. The Bertz CT molecular complexity index is 1120. The van der Waals surface area contributed by atoms with Crippen molar-refractivity contribution in [2.45, 2.75) is 109 Å². The molecule has 5 N–H and O–H groups in total. The predicted molar refractivity (Wildman–Crippen MR) is 148 cm³/mol. The van der Waals surface area contributed by atoms with Crippen LogP contribution in [0, 0.1) is 17.8 Å². The summed E-state index contributed by atoms with van der Waals surface area (Å²) in [6.45, 7) is 2.33. The van der Waals surface area contributed by atoms with Crippen LogP contribution in [-0.4, -0.2) is 38.6 Å². The lowest BCUT2D eigenvalue weighted by Crippen LogP contribution is -2.22. The first kappa shape index (κ1) is 28.2. The number of aliphatic hydroxyl groups is 2. The molecule has 1 aliphatic heterocycles. The fraction of sp³-hybridized carbons (Fsp3) is 0.581. The molecule has 0 amide bonds. The van der Waals surface area contributed by atoms with Gasteiger partial charge in [-0.25, -0.2) is 4.98 Å². The van der Waals surface area contributed by atoms with Crippen LogP contribution >= 0.6 is 0 Å². The molecule has 1 fully saturated rings. The van der Waals surface area contributed by atoms with Gasteiger partial charge in [-0.2, -0.15) is 0 Å². The number of pyridine rings is 1. The number of anilines is 1. The number of phenolic OH excluding ortho intramolecular Hbond substituents is 1. The highest BCUT2D eigenvalue weighted by atomic mass is 16.5. The minimum absolute atomic E-state index is 0.0597. The van der Waals surface area contributed by atoms with Crippen molar-refractivity contribution in [2.24, 2.45) is 5.92 Å². The third-order valence-electron chi connectivity index (χ3n) is 7.68. The number of nitrogen functional groups attached to an aromatic ring is 1. The van der Waals surface area contributed by atoms with E-state index >= 15 is 0 Å². The van der Waals surface area contributed by atoms with Gasteiger partial charge in [0.2, 0.25) is 0 Å². The molecule has 0 spiro atoms. The fourth-order valence-electron chi connectivity index (χ4n) is 5.37. The van der Waals surface area contributed by atoms with Crippen LogP contribution in [0.5, 0.6) is 11.5 Å². The number of hydrogen-bond donors (Lipinski definition) is 4. The summed E-state index contributed by atoms with van der Waals surface area (Å²) in [4.78, 5) is 4.21. The van der Waals surface area contributed by atoms with E-state index in [1.807, 2.05) is 6.07 Å². The smallest absolute Gasteiger partial charge is 0.161 e. The van der Waals surface area contributed by atoms with Gasteiger partial charge in [0.1, 0.15) is 5.82 Å². The number of aliphatic hydroxyl groups excluding tert-OH is 2. The quantitative estimate of drug-likeness (QED) is 0.360. The number of phenols is 1. The summed E-state index contributed by atoms with van der Waals surface area (Å²) in [6, 6.07) is 5.22. The summed E-state index contributed by atoms with van der Waals surface area (Å²) in [6.07, 6.45) is 11.1. The highest BCUT2D eigenvalue weighted by Gasteiger charge is 2.21. The zero-order chi connectivity index (χ0) is 26.9. The van der Waals surface area contributed by atoms with Gasteiger partial charge in [0.05, 0.1) is 31.5 Å². The van der Waals surface area contributed by atoms with E-state index in [0.29, 0.717) is 43.0 Å². The maximum atomic E-state index is 11.0. The van der Waals surface area contributed by atoms with Gasteiger partial charge in [0, 0.05) is 23.2 Å². The molecule has 206 valence electrons. The predicted octanol–water partition coefficient (Wildman–Crippen LogP) is 5.01. The molecule has 0 unspecified atom stereocenters. The van der Waals surface area contributed by atoms with Crippen molar-refractivity contribution in [1.29, 1.82) is 0 Å². The van der Waals surface area contributed by atoms with E-state index in [-0.39, 0.29) is 30.5 Å². The molecule has 0 bridgehead atoms. The molecule has 0 radical (unpaired) electrons. The Morgan fingerprint density at radius 1 is 1.11 bits per heavy atom. The molecule has 2 heterocycles.